The number of hydrogen-bond acceptors (Lipinski definition) is 3. The summed E-state index contributed by atoms with van der Waals surface area (Å²) in [5.74, 6) is 1.63. The molecule has 3 heteroatoms. The molecule has 0 aliphatic carbocycles. The number of aromatic nitrogens is 2. The van der Waals surface area contributed by atoms with Gasteiger partial charge in [0.15, 0.2) is 5.82 Å². The molecule has 0 spiro atoms. The van der Waals surface area contributed by atoms with Gasteiger partial charge in [0.05, 0.1) is 5.69 Å². The fraction of sp³-hybridized carbons (Fsp3) is 0.375. The van der Waals surface area contributed by atoms with Crippen molar-refractivity contribution < 1.29 is 0 Å². The van der Waals surface area contributed by atoms with Gasteiger partial charge < -0.3 is 5.32 Å². The highest BCUT2D eigenvalue weighted by atomic mass is 15.0. The molecule has 1 aromatic carbocycles. The minimum Gasteiger partial charge on any atom is -0.373 e. The molecule has 0 amide bonds. The van der Waals surface area contributed by atoms with Crippen LogP contribution in [0.2, 0.25) is 0 Å². The lowest BCUT2D eigenvalue weighted by atomic mass is 9.91. The van der Waals surface area contributed by atoms with Crippen molar-refractivity contribution in [2.75, 3.05) is 12.4 Å². The lowest BCUT2D eigenvalue weighted by molar-refractivity contribution is 0.568. The summed E-state index contributed by atoms with van der Waals surface area (Å²) < 4.78 is 0. The van der Waals surface area contributed by atoms with Crippen LogP contribution in [0.3, 0.4) is 0 Å². The highest BCUT2D eigenvalue weighted by Gasteiger charge is 2.18. The minimum atomic E-state index is 0.00792. The number of hydrogen-bond donors (Lipinski definition) is 1. The monoisotopic (exact) mass is 255 g/mol. The van der Waals surface area contributed by atoms with Crippen LogP contribution >= 0.6 is 0 Å². The number of benzene rings is 1. The molecule has 2 aromatic rings. The van der Waals surface area contributed by atoms with Gasteiger partial charge in [0.1, 0.15) is 5.82 Å². The average Bonchev–Trinajstić information content (AvgIpc) is 2.38. The Morgan fingerprint density at radius 3 is 2.16 bits per heavy atom. The van der Waals surface area contributed by atoms with Gasteiger partial charge in [-0.25, -0.2) is 9.97 Å². The number of aryl methyl sites for hydroxylation is 1. The van der Waals surface area contributed by atoms with E-state index < -0.39 is 0 Å². The molecule has 1 aromatic heterocycles. The van der Waals surface area contributed by atoms with Gasteiger partial charge >= 0.3 is 0 Å². The van der Waals surface area contributed by atoms with Gasteiger partial charge in [0.25, 0.3) is 0 Å². The van der Waals surface area contributed by atoms with Crippen molar-refractivity contribution in [1.29, 1.82) is 0 Å². The van der Waals surface area contributed by atoms with Crippen molar-refractivity contribution in [1.82, 2.24) is 9.97 Å². The first kappa shape index (κ1) is 13.5. The zero-order chi connectivity index (χ0) is 14.0. The van der Waals surface area contributed by atoms with Crippen LogP contribution in [0, 0.1) is 6.92 Å². The number of rotatable bonds is 2. The molecule has 1 N–H and O–H groups in total. The second-order valence-electron chi connectivity index (χ2n) is 5.83. The first-order chi connectivity index (χ1) is 8.90. The summed E-state index contributed by atoms with van der Waals surface area (Å²) in [5, 5.41) is 3.11. The van der Waals surface area contributed by atoms with E-state index >= 15 is 0 Å². The van der Waals surface area contributed by atoms with Crippen LogP contribution < -0.4 is 5.32 Å². The normalized spacial score (nSPS) is 11.4. The molecule has 0 unspecified atom stereocenters. The molecule has 0 saturated heterocycles. The van der Waals surface area contributed by atoms with E-state index in [1.165, 1.54) is 5.56 Å². The Morgan fingerprint density at radius 1 is 1.00 bits per heavy atom. The fourth-order valence-corrected chi connectivity index (χ4v) is 1.79. The summed E-state index contributed by atoms with van der Waals surface area (Å²) in [6.07, 6.45) is 0. The number of nitrogens with one attached hydrogen (secondary N) is 1. The van der Waals surface area contributed by atoms with E-state index in [0.29, 0.717) is 0 Å². The molecular formula is C16H21N3. The Hall–Kier alpha value is -1.90. The highest BCUT2D eigenvalue weighted by Crippen LogP contribution is 2.25. The Bertz CT molecular complexity index is 566. The van der Waals surface area contributed by atoms with Gasteiger partial charge in [0, 0.05) is 24.1 Å². The lowest BCUT2D eigenvalue weighted by Crippen LogP contribution is -2.15. The molecular weight excluding hydrogens is 234 g/mol. The van der Waals surface area contributed by atoms with Crippen LogP contribution in [0.4, 0.5) is 5.82 Å². The van der Waals surface area contributed by atoms with E-state index in [1.807, 2.05) is 13.1 Å². The first-order valence-electron chi connectivity index (χ1n) is 6.54. The molecule has 0 atom stereocenters. The first-order valence-corrected chi connectivity index (χ1v) is 6.54. The third kappa shape index (κ3) is 3.11. The van der Waals surface area contributed by atoms with Crippen molar-refractivity contribution in [2.45, 2.75) is 33.1 Å². The van der Waals surface area contributed by atoms with E-state index in [9.17, 15) is 0 Å². The summed E-state index contributed by atoms with van der Waals surface area (Å²) >= 11 is 0. The van der Waals surface area contributed by atoms with Crippen molar-refractivity contribution >= 4 is 5.82 Å². The van der Waals surface area contributed by atoms with Gasteiger partial charge in [-0.1, -0.05) is 50.6 Å². The Kier molecular flexibility index (Phi) is 3.56. The summed E-state index contributed by atoms with van der Waals surface area (Å²) in [6, 6.07) is 10.3. The standard InChI is InChI=1S/C16H21N3/c1-11-6-8-12(9-7-11)15-18-13(16(2,3)4)10-14(17-5)19-15/h6-10H,1-5H3,(H,17,18,19). The largest absolute Gasteiger partial charge is 0.373 e. The van der Waals surface area contributed by atoms with Crippen LogP contribution in [-0.2, 0) is 5.41 Å². The SMILES string of the molecule is CNc1cc(C(C)(C)C)nc(-c2ccc(C)cc2)n1. The molecule has 0 fully saturated rings. The summed E-state index contributed by atoms with van der Waals surface area (Å²) in [4.78, 5) is 9.24. The van der Waals surface area contributed by atoms with E-state index in [0.717, 1.165) is 22.9 Å². The average molecular weight is 255 g/mol. The van der Waals surface area contributed by atoms with Crippen molar-refractivity contribution in [3.05, 3.63) is 41.6 Å². The van der Waals surface area contributed by atoms with Gasteiger partial charge in [-0.3, -0.25) is 0 Å². The van der Waals surface area contributed by atoms with Crippen LogP contribution in [0.5, 0.6) is 0 Å². The van der Waals surface area contributed by atoms with Gasteiger partial charge in [-0.05, 0) is 6.92 Å². The van der Waals surface area contributed by atoms with Crippen molar-refractivity contribution in [3.8, 4) is 11.4 Å². The van der Waals surface area contributed by atoms with Crippen LogP contribution in [0.1, 0.15) is 32.0 Å². The predicted molar refractivity (Wildman–Crippen MR) is 80.5 cm³/mol. The Balaban J connectivity index is 2.54. The van der Waals surface area contributed by atoms with Crippen molar-refractivity contribution in [3.63, 3.8) is 0 Å². The molecule has 100 valence electrons. The summed E-state index contributed by atoms with van der Waals surface area (Å²) in [5.41, 5.74) is 3.34. The molecule has 2 rings (SSSR count). The topological polar surface area (TPSA) is 37.8 Å². The molecule has 0 aliphatic heterocycles. The maximum atomic E-state index is 4.70. The third-order valence-corrected chi connectivity index (χ3v) is 3.06. The highest BCUT2D eigenvalue weighted by molar-refractivity contribution is 5.58. The molecule has 0 saturated carbocycles. The molecule has 0 radical (unpaired) electrons. The Morgan fingerprint density at radius 2 is 1.63 bits per heavy atom. The maximum Gasteiger partial charge on any atom is 0.161 e. The second kappa shape index (κ2) is 5.00. The maximum absolute atomic E-state index is 4.70. The fourth-order valence-electron chi connectivity index (χ4n) is 1.79. The number of anilines is 1. The van der Waals surface area contributed by atoms with E-state index in [-0.39, 0.29) is 5.41 Å². The minimum absolute atomic E-state index is 0.00792. The second-order valence-corrected chi connectivity index (χ2v) is 5.83. The van der Waals surface area contributed by atoms with Crippen LogP contribution in [0.25, 0.3) is 11.4 Å². The molecule has 0 aliphatic rings. The van der Waals surface area contributed by atoms with E-state index in [1.54, 1.807) is 0 Å². The van der Waals surface area contributed by atoms with Gasteiger partial charge in [-0.2, -0.15) is 0 Å². The number of nitrogens with zero attached hydrogens (tertiary/aromatic N) is 2. The summed E-state index contributed by atoms with van der Waals surface area (Å²) in [6.45, 7) is 8.56. The Labute approximate surface area is 115 Å². The van der Waals surface area contributed by atoms with Crippen LogP contribution in [-0.4, -0.2) is 17.0 Å². The zero-order valence-electron chi connectivity index (χ0n) is 12.3. The summed E-state index contributed by atoms with van der Waals surface area (Å²) in [7, 11) is 1.88. The smallest absolute Gasteiger partial charge is 0.161 e. The molecule has 3 nitrogen and oxygen atoms in total. The molecule has 0 bridgehead atoms. The van der Waals surface area contributed by atoms with Gasteiger partial charge in [-0.15, -0.1) is 0 Å². The predicted octanol–water partition coefficient (Wildman–Crippen LogP) is 3.79. The lowest BCUT2D eigenvalue weighted by Gasteiger charge is -2.19. The zero-order valence-corrected chi connectivity index (χ0v) is 12.3. The molecule has 19 heavy (non-hydrogen) atoms. The van der Waals surface area contributed by atoms with Crippen LogP contribution in [0.15, 0.2) is 30.3 Å². The van der Waals surface area contributed by atoms with E-state index in [2.05, 4.69) is 62.3 Å². The van der Waals surface area contributed by atoms with E-state index in [4.69, 9.17) is 4.98 Å². The molecule has 1 heterocycles. The van der Waals surface area contributed by atoms with Crippen molar-refractivity contribution in [2.24, 2.45) is 0 Å². The quantitative estimate of drug-likeness (QED) is 0.887. The van der Waals surface area contributed by atoms with Gasteiger partial charge in [0.2, 0.25) is 0 Å². The third-order valence-electron chi connectivity index (χ3n) is 3.06.